The lowest BCUT2D eigenvalue weighted by Gasteiger charge is -2.05. The summed E-state index contributed by atoms with van der Waals surface area (Å²) in [5, 5.41) is 9.88. The average Bonchev–Trinajstić information content (AvgIpc) is 2.87. The summed E-state index contributed by atoms with van der Waals surface area (Å²) in [5.41, 5.74) is 3.21. The summed E-state index contributed by atoms with van der Waals surface area (Å²) >= 11 is 1.56. The number of imidazole rings is 1. The summed E-state index contributed by atoms with van der Waals surface area (Å²) in [5.74, 6) is 0.803. The molecular formula is C17H16N4OS. The van der Waals surface area contributed by atoms with Gasteiger partial charge in [0, 0.05) is 18.0 Å². The molecule has 0 saturated heterocycles. The van der Waals surface area contributed by atoms with Crippen molar-refractivity contribution >= 4 is 22.8 Å². The molecule has 0 atom stereocenters. The maximum Gasteiger partial charge on any atom is 0.326 e. The van der Waals surface area contributed by atoms with Gasteiger partial charge in [0.25, 0.3) is 0 Å². The molecule has 116 valence electrons. The molecule has 2 aromatic heterocycles. The topological polar surface area (TPSA) is 74.5 Å². The molecule has 0 bridgehead atoms. The van der Waals surface area contributed by atoms with E-state index in [0.717, 1.165) is 33.9 Å². The average molecular weight is 324 g/mol. The minimum Gasteiger partial charge on any atom is -0.306 e. The molecule has 0 aliphatic carbocycles. The largest absolute Gasteiger partial charge is 0.326 e. The van der Waals surface area contributed by atoms with Crippen LogP contribution in [0.15, 0.2) is 46.2 Å². The maximum atomic E-state index is 12.0. The molecule has 0 aliphatic heterocycles. The molecule has 0 amide bonds. The van der Waals surface area contributed by atoms with Crippen LogP contribution in [0.5, 0.6) is 0 Å². The van der Waals surface area contributed by atoms with E-state index in [0.29, 0.717) is 12.1 Å². The molecular weight excluding hydrogens is 308 g/mol. The van der Waals surface area contributed by atoms with E-state index in [-0.39, 0.29) is 5.69 Å². The number of aromatic amines is 1. The summed E-state index contributed by atoms with van der Waals surface area (Å²) in [6, 6.07) is 13.5. The van der Waals surface area contributed by atoms with Crippen molar-refractivity contribution in [2.45, 2.75) is 24.9 Å². The minimum atomic E-state index is -0.0809. The lowest BCUT2D eigenvalue weighted by atomic mass is 10.3. The number of fused-ring (bicyclic) bond motifs is 1. The first-order valence-corrected chi connectivity index (χ1v) is 8.35. The van der Waals surface area contributed by atoms with Crippen LogP contribution in [0, 0.1) is 18.3 Å². The van der Waals surface area contributed by atoms with Crippen molar-refractivity contribution in [3.63, 3.8) is 0 Å². The van der Waals surface area contributed by atoms with Crippen LogP contribution in [-0.4, -0.2) is 20.3 Å². The molecule has 0 radical (unpaired) electrons. The number of nitrogens with zero attached hydrogens (tertiary/aromatic N) is 3. The smallest absolute Gasteiger partial charge is 0.306 e. The number of nitrogens with one attached hydrogen (secondary N) is 1. The second-order valence-corrected chi connectivity index (χ2v) is 6.30. The molecule has 1 N–H and O–H groups in total. The van der Waals surface area contributed by atoms with E-state index in [1.165, 1.54) is 0 Å². The highest BCUT2D eigenvalue weighted by Gasteiger charge is 2.07. The predicted octanol–water partition coefficient (Wildman–Crippen LogP) is 3.09. The van der Waals surface area contributed by atoms with Crippen molar-refractivity contribution in [3.8, 4) is 6.07 Å². The fraction of sp³-hybridized carbons (Fsp3) is 0.235. The van der Waals surface area contributed by atoms with E-state index >= 15 is 0 Å². The van der Waals surface area contributed by atoms with Crippen molar-refractivity contribution in [1.82, 2.24) is 14.5 Å². The Morgan fingerprint density at radius 1 is 1.30 bits per heavy atom. The molecule has 0 fully saturated rings. The van der Waals surface area contributed by atoms with Crippen LogP contribution in [0.1, 0.15) is 17.7 Å². The molecule has 6 heteroatoms. The summed E-state index contributed by atoms with van der Waals surface area (Å²) < 4.78 is 1.75. The van der Waals surface area contributed by atoms with Gasteiger partial charge in [0.15, 0.2) is 0 Å². The highest BCUT2D eigenvalue weighted by atomic mass is 32.2. The summed E-state index contributed by atoms with van der Waals surface area (Å²) in [4.78, 5) is 19.3. The number of aromatic nitrogens is 3. The number of pyridine rings is 1. The van der Waals surface area contributed by atoms with E-state index in [9.17, 15) is 4.79 Å². The summed E-state index contributed by atoms with van der Waals surface area (Å²) in [6.45, 7) is 2.56. The normalized spacial score (nSPS) is 10.8. The maximum absolute atomic E-state index is 12.0. The standard InChI is InChI=1S/C17H16N4OS/c1-12-7-8-13(11-18)16(19-12)23-10-4-9-21-15-6-3-2-5-14(15)20-17(21)22/h2-3,5-8H,4,9-10H2,1H3,(H,20,22). The van der Waals surface area contributed by atoms with Gasteiger partial charge in [-0.3, -0.25) is 4.57 Å². The van der Waals surface area contributed by atoms with Gasteiger partial charge >= 0.3 is 5.69 Å². The van der Waals surface area contributed by atoms with Gasteiger partial charge in [-0.1, -0.05) is 12.1 Å². The van der Waals surface area contributed by atoms with Crippen molar-refractivity contribution < 1.29 is 0 Å². The lowest BCUT2D eigenvalue weighted by Crippen LogP contribution is -2.17. The van der Waals surface area contributed by atoms with Crippen molar-refractivity contribution in [2.75, 3.05) is 5.75 Å². The Bertz CT molecular complexity index is 936. The van der Waals surface area contributed by atoms with Gasteiger partial charge < -0.3 is 4.98 Å². The first kappa shape index (κ1) is 15.4. The third-order valence-electron chi connectivity index (χ3n) is 3.57. The third-order valence-corrected chi connectivity index (χ3v) is 4.64. The number of aryl methyl sites for hydroxylation is 2. The van der Waals surface area contributed by atoms with Gasteiger partial charge in [-0.05, 0) is 37.6 Å². The zero-order valence-electron chi connectivity index (χ0n) is 12.7. The highest BCUT2D eigenvalue weighted by molar-refractivity contribution is 7.99. The molecule has 0 saturated carbocycles. The number of benzene rings is 1. The van der Waals surface area contributed by atoms with Gasteiger partial charge in [0.2, 0.25) is 0 Å². The van der Waals surface area contributed by atoms with Crippen LogP contribution < -0.4 is 5.69 Å². The molecule has 0 aliphatic rings. The monoisotopic (exact) mass is 324 g/mol. The molecule has 2 heterocycles. The quantitative estimate of drug-likeness (QED) is 0.578. The minimum absolute atomic E-state index is 0.0809. The van der Waals surface area contributed by atoms with E-state index in [1.54, 1.807) is 22.4 Å². The first-order valence-electron chi connectivity index (χ1n) is 7.37. The van der Waals surface area contributed by atoms with E-state index in [1.807, 2.05) is 37.3 Å². The Morgan fingerprint density at radius 3 is 2.96 bits per heavy atom. The van der Waals surface area contributed by atoms with Crippen molar-refractivity contribution in [2.24, 2.45) is 0 Å². The summed E-state index contributed by atoms with van der Waals surface area (Å²) in [7, 11) is 0. The van der Waals surface area contributed by atoms with Gasteiger partial charge in [0.05, 0.1) is 16.6 Å². The van der Waals surface area contributed by atoms with Crippen LogP contribution in [0.4, 0.5) is 0 Å². The number of hydrogen-bond acceptors (Lipinski definition) is 4. The lowest BCUT2D eigenvalue weighted by molar-refractivity contribution is 0.679. The first-order chi connectivity index (χ1) is 11.2. The van der Waals surface area contributed by atoms with Crippen LogP contribution in [0.3, 0.4) is 0 Å². The molecule has 0 unspecified atom stereocenters. The molecule has 3 aromatic rings. The van der Waals surface area contributed by atoms with Gasteiger partial charge in [-0.2, -0.15) is 5.26 Å². The number of rotatable bonds is 5. The second-order valence-electron chi connectivity index (χ2n) is 5.22. The number of nitriles is 1. The molecule has 0 spiro atoms. The Morgan fingerprint density at radius 2 is 2.13 bits per heavy atom. The SMILES string of the molecule is Cc1ccc(C#N)c(SCCCn2c(=O)[nH]c3ccccc32)n1. The fourth-order valence-corrected chi connectivity index (χ4v) is 3.39. The van der Waals surface area contributed by atoms with Gasteiger partial charge in [-0.25, -0.2) is 9.78 Å². The molecule has 1 aromatic carbocycles. The van der Waals surface area contributed by atoms with Gasteiger partial charge in [0.1, 0.15) is 11.1 Å². The van der Waals surface area contributed by atoms with E-state index in [2.05, 4.69) is 16.0 Å². The Hall–Kier alpha value is -2.52. The third kappa shape index (κ3) is 3.30. The van der Waals surface area contributed by atoms with Crippen LogP contribution in [-0.2, 0) is 6.54 Å². The number of hydrogen-bond donors (Lipinski definition) is 1. The Kier molecular flexibility index (Phi) is 4.49. The molecule has 3 rings (SSSR count). The van der Waals surface area contributed by atoms with E-state index < -0.39 is 0 Å². The zero-order valence-corrected chi connectivity index (χ0v) is 13.6. The Labute approximate surface area is 138 Å². The second kappa shape index (κ2) is 6.71. The van der Waals surface area contributed by atoms with Crippen molar-refractivity contribution in [1.29, 1.82) is 5.26 Å². The highest BCUT2D eigenvalue weighted by Crippen LogP contribution is 2.21. The number of para-hydroxylation sites is 2. The van der Waals surface area contributed by atoms with E-state index in [4.69, 9.17) is 5.26 Å². The van der Waals surface area contributed by atoms with Crippen LogP contribution in [0.25, 0.3) is 11.0 Å². The molecule has 5 nitrogen and oxygen atoms in total. The fourth-order valence-electron chi connectivity index (χ4n) is 2.45. The predicted molar refractivity (Wildman–Crippen MR) is 91.6 cm³/mol. The summed E-state index contributed by atoms with van der Waals surface area (Å²) in [6.07, 6.45) is 0.826. The number of H-pyrrole nitrogens is 1. The van der Waals surface area contributed by atoms with Crippen LogP contribution in [0.2, 0.25) is 0 Å². The van der Waals surface area contributed by atoms with Crippen molar-refractivity contribution in [3.05, 3.63) is 58.1 Å². The number of thioether (sulfide) groups is 1. The zero-order chi connectivity index (χ0) is 16.2. The Balaban J connectivity index is 1.66. The van der Waals surface area contributed by atoms with Gasteiger partial charge in [-0.15, -0.1) is 11.8 Å². The van der Waals surface area contributed by atoms with Crippen LogP contribution >= 0.6 is 11.8 Å². The molecule has 23 heavy (non-hydrogen) atoms.